The van der Waals surface area contributed by atoms with E-state index >= 15 is 9.59 Å². The van der Waals surface area contributed by atoms with Gasteiger partial charge in [0.05, 0.1) is 34.8 Å². The van der Waals surface area contributed by atoms with Gasteiger partial charge in [-0.25, -0.2) is 0 Å². The molecule has 3 aromatic heterocycles. The second-order valence-electron chi connectivity index (χ2n) is 31.0. The monoisotopic (exact) mass is 1090 g/mol. The van der Waals surface area contributed by atoms with Gasteiger partial charge in [0.15, 0.2) is 5.78 Å². The number of rotatable bonds is 8. The van der Waals surface area contributed by atoms with Gasteiger partial charge in [0.2, 0.25) is 0 Å². The lowest BCUT2D eigenvalue weighted by atomic mass is 9.26. The third-order valence-electron chi connectivity index (χ3n) is 27.5. The van der Waals surface area contributed by atoms with E-state index in [-0.39, 0.29) is 46.9 Å². The Balaban J connectivity index is 0.909. The quantitative estimate of drug-likeness (QED) is 0.103. The summed E-state index contributed by atoms with van der Waals surface area (Å²) in [6.07, 6.45) is 26.4. The molecule has 12 aliphatic rings. The number of H-pyrrole nitrogens is 2. The van der Waals surface area contributed by atoms with Gasteiger partial charge >= 0.3 is 0 Å². The summed E-state index contributed by atoms with van der Waals surface area (Å²) in [4.78, 5) is 40.4. The lowest BCUT2D eigenvalue weighted by Gasteiger charge is -2.76. The van der Waals surface area contributed by atoms with Crippen LogP contribution in [0.4, 0.5) is 0 Å². The molecule has 3 aliphatic heterocycles. The van der Waals surface area contributed by atoms with Crippen molar-refractivity contribution in [3.05, 3.63) is 93.1 Å². The molecule has 6 saturated carbocycles. The van der Waals surface area contributed by atoms with E-state index in [0.717, 1.165) is 83.0 Å². The second kappa shape index (κ2) is 17.9. The van der Waals surface area contributed by atoms with E-state index < -0.39 is 44.9 Å². The van der Waals surface area contributed by atoms with Gasteiger partial charge in [-0.3, -0.25) is 9.59 Å². The highest BCUT2D eigenvalue weighted by atomic mass is 16.6. The smallest absolute Gasteiger partial charge is 0.160 e. The molecule has 8 fully saturated rings. The number of aromatic amines is 2. The van der Waals surface area contributed by atoms with Crippen molar-refractivity contribution >= 4 is 22.6 Å². The van der Waals surface area contributed by atoms with Crippen molar-refractivity contribution in [1.29, 1.82) is 0 Å². The van der Waals surface area contributed by atoms with Crippen molar-refractivity contribution in [2.45, 2.75) is 237 Å². The largest absolute Gasteiger partial charge is 0.392 e. The molecule has 430 valence electrons. The van der Waals surface area contributed by atoms with Gasteiger partial charge in [0, 0.05) is 97.5 Å². The van der Waals surface area contributed by atoms with Crippen LogP contribution in [0.2, 0.25) is 0 Å². The number of aliphatic hydroxyl groups excluding tert-OH is 2. The molecule has 4 aromatic rings. The minimum Gasteiger partial charge on any atom is -0.392 e. The Labute approximate surface area is 481 Å². The molecule has 15 atom stereocenters. The van der Waals surface area contributed by atoms with Crippen LogP contribution in [0.15, 0.2) is 54.0 Å². The van der Waals surface area contributed by atoms with Gasteiger partial charge in [0.25, 0.3) is 0 Å². The third-order valence-corrected chi connectivity index (χ3v) is 27.5. The molecule has 9 aliphatic carbocycles. The summed E-state index contributed by atoms with van der Waals surface area (Å²) < 4.78 is 14.7. The summed E-state index contributed by atoms with van der Waals surface area (Å²) in [6.45, 7) is 16.2. The minimum absolute atomic E-state index is 0.0874. The molecule has 4 N–H and O–H groups in total. The zero-order chi connectivity index (χ0) is 55.4. The number of nitrogens with one attached hydrogen (secondary N) is 2. The van der Waals surface area contributed by atoms with E-state index in [9.17, 15) is 10.2 Å². The van der Waals surface area contributed by atoms with Crippen LogP contribution in [0, 0.1) is 73.9 Å². The highest BCUT2D eigenvalue weighted by Gasteiger charge is 2.82. The number of allylic oxidation sites excluding steroid dienone is 1. The first-order chi connectivity index (χ1) is 38.9. The van der Waals surface area contributed by atoms with E-state index in [1.807, 2.05) is 0 Å². The number of hydrogen-bond acceptors (Lipinski definition) is 6. The summed E-state index contributed by atoms with van der Waals surface area (Å²) in [7, 11) is 0. The topological polar surface area (TPSA) is 133 Å². The number of nitrogens with zero attached hydrogens (tertiary/aromatic N) is 1. The molecule has 81 heavy (non-hydrogen) atoms. The lowest BCUT2D eigenvalue weighted by molar-refractivity contribution is -0.274. The minimum atomic E-state index is -0.805. The number of carbonyl (C=O) groups excluding carboxylic acids is 2. The van der Waals surface area contributed by atoms with Crippen LogP contribution in [0.1, 0.15) is 233 Å². The van der Waals surface area contributed by atoms with Crippen molar-refractivity contribution in [1.82, 2.24) is 14.5 Å². The second-order valence-corrected chi connectivity index (χ2v) is 31.0. The van der Waals surface area contributed by atoms with Crippen molar-refractivity contribution in [3.8, 4) is 11.8 Å². The number of aliphatic hydroxyl groups is 2. The van der Waals surface area contributed by atoms with Crippen molar-refractivity contribution in [3.63, 3.8) is 0 Å². The van der Waals surface area contributed by atoms with Crippen LogP contribution in [-0.4, -0.2) is 73.4 Å². The van der Waals surface area contributed by atoms with Crippen molar-refractivity contribution in [2.24, 2.45) is 62.1 Å². The Morgan fingerprint density at radius 1 is 0.827 bits per heavy atom. The Morgan fingerprint density at radius 3 is 2.31 bits per heavy atom. The van der Waals surface area contributed by atoms with Gasteiger partial charge in [0.1, 0.15) is 11.9 Å². The van der Waals surface area contributed by atoms with E-state index in [4.69, 9.17) is 9.47 Å². The Kier molecular flexibility index (Phi) is 11.6. The number of hydrogen-bond donors (Lipinski definition) is 4. The molecular formula is C72H91N3O6. The number of fused-ring (bicyclic) bond motifs is 7. The van der Waals surface area contributed by atoms with Crippen LogP contribution in [0.25, 0.3) is 11.0 Å². The maximum atomic E-state index is 16.4. The first-order valence-electron chi connectivity index (χ1n) is 32.8. The summed E-state index contributed by atoms with van der Waals surface area (Å²) in [5, 5.41) is 27.5. The number of carbonyl (C=O) groups is 2. The number of aromatic nitrogens is 3. The van der Waals surface area contributed by atoms with Gasteiger partial charge in [-0.2, -0.15) is 0 Å². The number of ketones is 2. The average Bonchev–Trinajstić information content (AvgIpc) is 1.77. The molecule has 0 amide bonds. The highest BCUT2D eigenvalue weighted by Crippen LogP contribution is 2.85. The van der Waals surface area contributed by atoms with Gasteiger partial charge in [-0.05, 0) is 200 Å². The Bertz CT molecular complexity index is 3320. The molecule has 7 bridgehead atoms. The van der Waals surface area contributed by atoms with Crippen LogP contribution >= 0.6 is 0 Å². The molecule has 2 spiro atoms. The summed E-state index contributed by atoms with van der Waals surface area (Å²) in [5.41, 5.74) is 10.2. The lowest BCUT2D eigenvalue weighted by Crippen LogP contribution is -2.75. The number of ether oxygens (including phenoxy) is 2. The predicted molar refractivity (Wildman–Crippen MR) is 315 cm³/mol. The summed E-state index contributed by atoms with van der Waals surface area (Å²) >= 11 is 0. The van der Waals surface area contributed by atoms with Crippen LogP contribution in [-0.2, 0) is 38.4 Å². The first kappa shape index (κ1) is 52.4. The van der Waals surface area contributed by atoms with E-state index in [0.29, 0.717) is 68.1 Å². The van der Waals surface area contributed by atoms with E-state index in [2.05, 4.69) is 111 Å². The zero-order valence-electron chi connectivity index (χ0n) is 49.6. The zero-order valence-corrected chi connectivity index (χ0v) is 49.6. The van der Waals surface area contributed by atoms with Crippen LogP contribution in [0.3, 0.4) is 0 Å². The predicted octanol–water partition coefficient (Wildman–Crippen LogP) is 13.8. The van der Waals surface area contributed by atoms with Crippen molar-refractivity contribution < 1.29 is 29.3 Å². The van der Waals surface area contributed by atoms with Crippen LogP contribution < -0.4 is 0 Å². The SMILES string of the molecule is CC1(C)O[C@@H]1[C@H](O)C[C@@]1(C)C2=C3[C@@H]4Cn5cc(Cc6cc(C7CCCCC7)cc(C7CCOCC7)c6)c6[nH]cc(c65)C[C@H]1CC#CC[C@@]1(CC[C@@H]5[C@](C)([C@H]1[C@@H]4O)[C@@]14CC[C@@H](C1)c1[nH]ccc1[C@@H]4C(=O)[C@@]5(C)C1CCCC1)[C@@]3(C)CC2=O. The normalized spacial score (nSPS) is 41.9. The van der Waals surface area contributed by atoms with Gasteiger partial charge in [-0.15, -0.1) is 11.8 Å². The summed E-state index contributed by atoms with van der Waals surface area (Å²) in [6, 6.07) is 9.93. The molecule has 16 rings (SSSR count). The fourth-order valence-corrected chi connectivity index (χ4v) is 23.7. The molecule has 9 heteroatoms. The number of benzene rings is 1. The average molecular weight is 1090 g/mol. The molecule has 1 aromatic carbocycles. The van der Waals surface area contributed by atoms with Gasteiger partial charge < -0.3 is 34.2 Å². The maximum Gasteiger partial charge on any atom is 0.160 e. The van der Waals surface area contributed by atoms with E-state index in [1.54, 1.807) is 0 Å². The van der Waals surface area contributed by atoms with Crippen LogP contribution in [0.5, 0.6) is 0 Å². The standard InChI is InChI=1S/C72H91N3O6/c1-66(2)65(81-66)54(77)36-67(3)50-18-12-13-24-71-26-20-55-69(5,49-16-10-11-17-49)64(79)57-51-21-27-73-59(51)44-19-25-72(57,35-44)70(55,6)63(71)62(78)52(56-58(67)53(76)37-68(56,71)4)40-75-39-48(60-61(75)47(34-50)38-74-60)32-41-30-45(42-14-8-7-9-15-42)33-46(31-41)43-22-28-80-29-23-43/h21,27,30-31,33,38-39,42-44,49-50,52,54-55,57,62-63,65,73-74,77-78H,7-11,14-20,22-26,28-29,32,34-37,40H2,1-6H3/t44-,50+,52-,54+,55-,57+,62+,63+,65+,67+,68-,69-,70+,71-,72-/m0/s1. The van der Waals surface area contributed by atoms with Crippen molar-refractivity contribution in [2.75, 3.05) is 13.2 Å². The summed E-state index contributed by atoms with van der Waals surface area (Å²) in [5.74, 6) is 9.57. The molecule has 0 radical (unpaired) electrons. The molecular weight excluding hydrogens is 1000 g/mol. The number of epoxide rings is 1. The maximum absolute atomic E-state index is 16.4. The Hall–Kier alpha value is -4.20. The third kappa shape index (κ3) is 6.95. The molecule has 0 unspecified atom stereocenters. The highest BCUT2D eigenvalue weighted by molar-refractivity contribution is 6.02. The molecule has 6 heterocycles. The fraction of sp³-hybridized carbons (Fsp3) is 0.694. The van der Waals surface area contributed by atoms with Gasteiger partial charge in [-0.1, -0.05) is 78.0 Å². The Morgan fingerprint density at radius 2 is 1.56 bits per heavy atom. The first-order valence-corrected chi connectivity index (χ1v) is 32.8. The molecule has 9 nitrogen and oxygen atoms in total. The number of Topliss-reactive ketones (excluding diaryl/α,β-unsaturated/α-hetero) is 2. The molecule has 2 saturated heterocycles. The van der Waals surface area contributed by atoms with E-state index in [1.165, 1.54) is 101 Å². The fourth-order valence-electron chi connectivity index (χ4n) is 23.7.